The maximum absolute atomic E-state index is 11.9. The molecule has 0 aromatic carbocycles. The molecule has 0 spiro atoms. The molecule has 4 N–H and O–H groups in total. The standard InChI is InChI=1S/C13H17N5O3/c1-3-8-6-14-18-11(8)16-10(19)5-4-9-7(2)15-13(21)17-12(9)20/h6H,3-5H2,1-2H3,(H2,14,16,18,19)(H2,15,17,20,21). The van der Waals surface area contributed by atoms with Gasteiger partial charge < -0.3 is 10.3 Å². The minimum absolute atomic E-state index is 0.137. The summed E-state index contributed by atoms with van der Waals surface area (Å²) in [5.74, 6) is 0.355. The Kier molecular flexibility index (Phi) is 4.36. The largest absolute Gasteiger partial charge is 0.325 e. The van der Waals surface area contributed by atoms with Crippen LogP contribution in [0, 0.1) is 6.92 Å². The average Bonchev–Trinajstić information content (AvgIpc) is 2.84. The molecule has 0 saturated carbocycles. The number of hydrogen-bond donors (Lipinski definition) is 4. The molecule has 1 amide bonds. The van der Waals surface area contributed by atoms with Gasteiger partial charge in [0, 0.05) is 23.2 Å². The van der Waals surface area contributed by atoms with Gasteiger partial charge in [0.2, 0.25) is 5.91 Å². The van der Waals surface area contributed by atoms with Crippen LogP contribution < -0.4 is 16.6 Å². The molecule has 2 aromatic heterocycles. The highest BCUT2D eigenvalue weighted by atomic mass is 16.2. The van der Waals surface area contributed by atoms with Crippen molar-refractivity contribution in [1.29, 1.82) is 0 Å². The summed E-state index contributed by atoms with van der Waals surface area (Å²) in [5.41, 5.74) is 0.800. The molecule has 2 rings (SSSR count). The van der Waals surface area contributed by atoms with Crippen LogP contribution >= 0.6 is 0 Å². The minimum Gasteiger partial charge on any atom is -0.311 e. The Bertz CT molecular complexity index is 756. The molecule has 2 aromatic rings. The van der Waals surface area contributed by atoms with Crippen LogP contribution in [0.1, 0.15) is 30.2 Å². The van der Waals surface area contributed by atoms with Crippen molar-refractivity contribution in [3.05, 3.63) is 43.9 Å². The highest BCUT2D eigenvalue weighted by Gasteiger charge is 2.11. The van der Waals surface area contributed by atoms with E-state index in [1.165, 1.54) is 0 Å². The van der Waals surface area contributed by atoms with Crippen LogP contribution in [0.5, 0.6) is 0 Å². The van der Waals surface area contributed by atoms with Gasteiger partial charge in [-0.05, 0) is 19.8 Å². The van der Waals surface area contributed by atoms with Gasteiger partial charge in [0.1, 0.15) is 5.82 Å². The van der Waals surface area contributed by atoms with Gasteiger partial charge in [0.25, 0.3) is 5.56 Å². The van der Waals surface area contributed by atoms with E-state index in [1.807, 2.05) is 6.92 Å². The molecule has 8 nitrogen and oxygen atoms in total. The number of H-pyrrole nitrogens is 3. The second-order valence-corrected chi connectivity index (χ2v) is 4.68. The van der Waals surface area contributed by atoms with Crippen molar-refractivity contribution in [1.82, 2.24) is 20.2 Å². The van der Waals surface area contributed by atoms with Crippen molar-refractivity contribution < 1.29 is 4.79 Å². The molecule has 0 fully saturated rings. The van der Waals surface area contributed by atoms with Crippen LogP contribution in [0.3, 0.4) is 0 Å². The number of amides is 1. The Hall–Kier alpha value is -2.64. The lowest BCUT2D eigenvalue weighted by atomic mass is 10.1. The molecule has 8 heteroatoms. The Balaban J connectivity index is 2.02. The molecule has 2 heterocycles. The summed E-state index contributed by atoms with van der Waals surface area (Å²) in [5, 5.41) is 9.31. The highest BCUT2D eigenvalue weighted by Crippen LogP contribution is 2.11. The van der Waals surface area contributed by atoms with Crippen molar-refractivity contribution in [3.8, 4) is 0 Å². The lowest BCUT2D eigenvalue weighted by Crippen LogP contribution is -2.27. The molecule has 0 bridgehead atoms. The van der Waals surface area contributed by atoms with Crippen molar-refractivity contribution in [2.75, 3.05) is 5.32 Å². The molecule has 112 valence electrons. The molecule has 0 aliphatic heterocycles. The van der Waals surface area contributed by atoms with Gasteiger partial charge in [-0.1, -0.05) is 6.92 Å². The summed E-state index contributed by atoms with van der Waals surface area (Å²) >= 11 is 0. The van der Waals surface area contributed by atoms with Crippen LogP contribution in [0.2, 0.25) is 0 Å². The first-order chi connectivity index (χ1) is 10.0. The molecule has 0 aliphatic rings. The lowest BCUT2D eigenvalue weighted by Gasteiger charge is -2.06. The maximum atomic E-state index is 11.9. The smallest absolute Gasteiger partial charge is 0.311 e. The molecule has 0 atom stereocenters. The number of nitrogens with zero attached hydrogens (tertiary/aromatic N) is 1. The molecule has 21 heavy (non-hydrogen) atoms. The van der Waals surface area contributed by atoms with E-state index in [0.29, 0.717) is 17.1 Å². The first-order valence-corrected chi connectivity index (χ1v) is 6.65. The highest BCUT2D eigenvalue weighted by molar-refractivity contribution is 5.90. The summed E-state index contributed by atoms with van der Waals surface area (Å²) in [7, 11) is 0. The zero-order chi connectivity index (χ0) is 15.4. The van der Waals surface area contributed by atoms with E-state index in [2.05, 4.69) is 25.5 Å². The third-order valence-corrected chi connectivity index (χ3v) is 3.22. The normalized spacial score (nSPS) is 10.6. The first-order valence-electron chi connectivity index (χ1n) is 6.65. The number of carbonyl (C=O) groups is 1. The Morgan fingerprint density at radius 3 is 2.76 bits per heavy atom. The predicted octanol–water partition coefficient (Wildman–Crippen LogP) is 0.228. The van der Waals surface area contributed by atoms with Gasteiger partial charge >= 0.3 is 5.69 Å². The first kappa shape index (κ1) is 14.8. The van der Waals surface area contributed by atoms with Gasteiger partial charge in [0.05, 0.1) is 6.20 Å². The van der Waals surface area contributed by atoms with Gasteiger partial charge in [-0.15, -0.1) is 0 Å². The van der Waals surface area contributed by atoms with E-state index in [-0.39, 0.29) is 18.7 Å². The number of aromatic nitrogens is 4. The van der Waals surface area contributed by atoms with Crippen molar-refractivity contribution in [2.24, 2.45) is 0 Å². The van der Waals surface area contributed by atoms with Crippen LogP contribution in [0.4, 0.5) is 5.82 Å². The second-order valence-electron chi connectivity index (χ2n) is 4.68. The SMILES string of the molecule is CCc1cn[nH]c1NC(=O)CCc1c(C)[nH]c(=O)[nH]c1=O. The fraction of sp³-hybridized carbons (Fsp3) is 0.385. The Morgan fingerprint density at radius 2 is 2.10 bits per heavy atom. The molecular formula is C13H17N5O3. The van der Waals surface area contributed by atoms with Crippen molar-refractivity contribution in [2.45, 2.75) is 33.1 Å². The van der Waals surface area contributed by atoms with Crippen molar-refractivity contribution in [3.63, 3.8) is 0 Å². The van der Waals surface area contributed by atoms with E-state index < -0.39 is 11.2 Å². The third kappa shape index (κ3) is 3.47. The van der Waals surface area contributed by atoms with E-state index in [1.54, 1.807) is 13.1 Å². The molecule has 0 radical (unpaired) electrons. The summed E-state index contributed by atoms with van der Waals surface area (Å²) in [6.45, 7) is 3.59. The monoisotopic (exact) mass is 291 g/mol. The maximum Gasteiger partial charge on any atom is 0.325 e. The Labute approximate surface area is 120 Å². The molecule has 0 saturated heterocycles. The van der Waals surface area contributed by atoms with E-state index in [0.717, 1.165) is 12.0 Å². The number of rotatable bonds is 5. The van der Waals surface area contributed by atoms with Gasteiger partial charge in [-0.3, -0.25) is 19.7 Å². The number of nitrogens with one attached hydrogen (secondary N) is 4. The fourth-order valence-electron chi connectivity index (χ4n) is 2.05. The van der Waals surface area contributed by atoms with Crippen LogP contribution in [-0.4, -0.2) is 26.1 Å². The second kappa shape index (κ2) is 6.21. The lowest BCUT2D eigenvalue weighted by molar-refractivity contribution is -0.116. The van der Waals surface area contributed by atoms with E-state index in [9.17, 15) is 14.4 Å². The summed E-state index contributed by atoms with van der Waals surface area (Å²) in [6, 6.07) is 0. The zero-order valence-electron chi connectivity index (χ0n) is 11.9. The number of hydrogen-bond acceptors (Lipinski definition) is 4. The van der Waals surface area contributed by atoms with Crippen LogP contribution in [0.15, 0.2) is 15.8 Å². The summed E-state index contributed by atoms with van der Waals surface area (Å²) in [6.07, 6.45) is 2.80. The molecule has 0 unspecified atom stereocenters. The van der Waals surface area contributed by atoms with E-state index in [4.69, 9.17) is 0 Å². The number of anilines is 1. The molecule has 0 aliphatic carbocycles. The topological polar surface area (TPSA) is 123 Å². The number of carbonyl (C=O) groups excluding carboxylic acids is 1. The summed E-state index contributed by atoms with van der Waals surface area (Å²) < 4.78 is 0. The average molecular weight is 291 g/mol. The quantitative estimate of drug-likeness (QED) is 0.629. The van der Waals surface area contributed by atoms with Crippen molar-refractivity contribution >= 4 is 11.7 Å². The number of aryl methyl sites for hydroxylation is 2. The van der Waals surface area contributed by atoms with Crippen LogP contribution in [-0.2, 0) is 17.6 Å². The fourth-order valence-corrected chi connectivity index (χ4v) is 2.05. The van der Waals surface area contributed by atoms with Crippen LogP contribution in [0.25, 0.3) is 0 Å². The minimum atomic E-state index is -0.546. The Morgan fingerprint density at radius 1 is 1.33 bits per heavy atom. The van der Waals surface area contributed by atoms with Gasteiger partial charge in [-0.2, -0.15) is 5.10 Å². The van der Waals surface area contributed by atoms with Gasteiger partial charge in [0.15, 0.2) is 0 Å². The summed E-state index contributed by atoms with van der Waals surface area (Å²) in [4.78, 5) is 39.3. The zero-order valence-corrected chi connectivity index (χ0v) is 11.9. The number of aromatic amines is 3. The van der Waals surface area contributed by atoms with E-state index >= 15 is 0 Å². The van der Waals surface area contributed by atoms with Gasteiger partial charge in [-0.25, -0.2) is 4.79 Å². The predicted molar refractivity (Wildman–Crippen MR) is 77.3 cm³/mol. The third-order valence-electron chi connectivity index (χ3n) is 3.22. The molecular weight excluding hydrogens is 274 g/mol.